The van der Waals surface area contributed by atoms with E-state index in [4.69, 9.17) is 3.32 Å². The molecule has 0 fully saturated rings. The fraction of sp³-hybridized carbons (Fsp3) is 0.174. The second-order valence-electron chi connectivity index (χ2n) is 7.77. The average Bonchev–Trinajstić information content (AvgIpc) is 2.62. The minimum absolute atomic E-state index is 0. The van der Waals surface area contributed by atoms with Gasteiger partial charge in [0, 0.05) is 0 Å². The molecule has 0 atom stereocenters. The van der Waals surface area contributed by atoms with Gasteiger partial charge in [-0.2, -0.15) is 0 Å². The molecule has 6 heteroatoms. The van der Waals surface area contributed by atoms with Gasteiger partial charge in [-0.1, -0.05) is 0 Å². The van der Waals surface area contributed by atoms with Crippen molar-refractivity contribution in [1.82, 2.24) is 0 Å². The summed E-state index contributed by atoms with van der Waals surface area (Å²) in [5.74, 6) is 0.661. The predicted octanol–water partition coefficient (Wildman–Crippen LogP) is 6.45. The second kappa shape index (κ2) is 11.2. The maximum absolute atomic E-state index is 15.6. The quantitative estimate of drug-likeness (QED) is 0.378. The molecule has 29 heavy (non-hydrogen) atoms. The van der Waals surface area contributed by atoms with Crippen molar-refractivity contribution in [1.29, 1.82) is 0 Å². The van der Waals surface area contributed by atoms with E-state index in [-0.39, 0.29) is 24.8 Å². The van der Waals surface area contributed by atoms with Crippen LogP contribution in [0.3, 0.4) is 0 Å². The molecule has 3 rings (SSSR count). The fourth-order valence-electron chi connectivity index (χ4n) is 3.00. The Hall–Kier alpha value is -1.23. The summed E-state index contributed by atoms with van der Waals surface area (Å²) in [4.78, 5) is 0. The molecular formula is C23H27Cl2FOSiTi. The van der Waals surface area contributed by atoms with Gasteiger partial charge in [0.25, 0.3) is 0 Å². The summed E-state index contributed by atoms with van der Waals surface area (Å²) in [6.45, 7) is 8.94. The number of hydrogen-bond donors (Lipinski definition) is 0. The molecule has 0 aromatic heterocycles. The molecular weight excluding hydrogens is 458 g/mol. The van der Waals surface area contributed by atoms with Crippen molar-refractivity contribution in [3.8, 4) is 5.75 Å². The molecule has 1 nitrogen and oxygen atoms in total. The average molecular weight is 485 g/mol. The van der Waals surface area contributed by atoms with Crippen LogP contribution in [0.4, 0.5) is 3.09 Å². The van der Waals surface area contributed by atoms with Crippen LogP contribution in [0.5, 0.6) is 5.75 Å². The molecule has 154 valence electrons. The first-order valence-electron chi connectivity index (χ1n) is 9.15. The summed E-state index contributed by atoms with van der Waals surface area (Å²) in [6.07, 6.45) is 0. The zero-order valence-corrected chi connectivity index (χ0v) is 21.3. The van der Waals surface area contributed by atoms with Gasteiger partial charge in [-0.25, -0.2) is 0 Å². The SMILES string of the molecule is Cc1cc([O][Ti]([F])=[C](c2ccccc2)c2ccccc2)cc([Si](C)(C)C)c1.Cl.Cl. The summed E-state index contributed by atoms with van der Waals surface area (Å²) in [5.41, 5.74) is 2.93. The molecule has 0 heterocycles. The van der Waals surface area contributed by atoms with Gasteiger partial charge in [0.1, 0.15) is 0 Å². The van der Waals surface area contributed by atoms with Crippen LogP contribution in [0.25, 0.3) is 0 Å². The van der Waals surface area contributed by atoms with Crippen LogP contribution in [-0.2, 0) is 18.3 Å². The number of aryl methyl sites for hydroxylation is 1. The van der Waals surface area contributed by atoms with Gasteiger partial charge in [-0.05, 0) is 0 Å². The van der Waals surface area contributed by atoms with Crippen molar-refractivity contribution >= 4 is 41.9 Å². The molecule has 0 aliphatic rings. The summed E-state index contributed by atoms with van der Waals surface area (Å²) in [5, 5.41) is 1.30. The van der Waals surface area contributed by atoms with Crippen LogP contribution in [0.15, 0.2) is 78.9 Å². The molecule has 0 saturated carbocycles. The van der Waals surface area contributed by atoms with Crippen LogP contribution in [0.1, 0.15) is 16.7 Å². The molecule has 3 aromatic rings. The third-order valence-electron chi connectivity index (χ3n) is 4.45. The number of halogens is 3. The number of hydrogen-bond acceptors (Lipinski definition) is 1. The van der Waals surface area contributed by atoms with E-state index >= 15 is 3.09 Å². The summed E-state index contributed by atoms with van der Waals surface area (Å²) in [6, 6.07) is 25.7. The first-order chi connectivity index (χ1) is 12.8. The van der Waals surface area contributed by atoms with Gasteiger partial charge < -0.3 is 0 Å². The van der Waals surface area contributed by atoms with Crippen LogP contribution >= 0.6 is 24.8 Å². The molecule has 0 unspecified atom stereocenters. The van der Waals surface area contributed by atoms with E-state index in [9.17, 15) is 0 Å². The Morgan fingerprint density at radius 2 is 1.28 bits per heavy atom. The van der Waals surface area contributed by atoms with Crippen molar-refractivity contribution in [2.45, 2.75) is 26.6 Å². The summed E-state index contributed by atoms with van der Waals surface area (Å²) in [7, 11) is -1.49. The molecule has 0 aliphatic carbocycles. The molecule has 3 aromatic carbocycles. The Bertz CT molecular complexity index is 916. The van der Waals surface area contributed by atoms with Gasteiger partial charge in [0.05, 0.1) is 0 Å². The molecule has 0 amide bonds. The van der Waals surface area contributed by atoms with Crippen molar-refractivity contribution in [2.75, 3.05) is 0 Å². The van der Waals surface area contributed by atoms with Crippen LogP contribution < -0.4 is 8.51 Å². The molecule has 0 aliphatic heterocycles. The largest absolute Gasteiger partial charge is 0.147 e. The van der Waals surface area contributed by atoms with Crippen molar-refractivity contribution in [3.63, 3.8) is 0 Å². The molecule has 0 bridgehead atoms. The smallest absolute Gasteiger partial charge is 0.147 e. The van der Waals surface area contributed by atoms with E-state index in [0.29, 0.717) is 9.56 Å². The minimum atomic E-state index is -3.48. The minimum Gasteiger partial charge on any atom is -0.147 e. The van der Waals surface area contributed by atoms with Crippen molar-refractivity contribution in [3.05, 3.63) is 95.6 Å². The Balaban J connectivity index is 0.00000210. The van der Waals surface area contributed by atoms with Crippen LogP contribution in [-0.4, -0.2) is 11.9 Å². The topological polar surface area (TPSA) is 9.23 Å². The van der Waals surface area contributed by atoms with E-state index in [2.05, 4.69) is 25.7 Å². The van der Waals surface area contributed by atoms with Crippen molar-refractivity contribution < 1.29 is 24.7 Å². The van der Waals surface area contributed by atoms with Crippen molar-refractivity contribution in [2.24, 2.45) is 0 Å². The van der Waals surface area contributed by atoms with Gasteiger partial charge in [-0.3, -0.25) is 0 Å². The molecule has 0 N–H and O–H groups in total. The maximum Gasteiger partial charge on any atom is -0.147 e. The van der Waals surface area contributed by atoms with Gasteiger partial charge in [0.15, 0.2) is 0 Å². The number of rotatable bonds is 5. The van der Waals surface area contributed by atoms with E-state index in [1.54, 1.807) is 0 Å². The Morgan fingerprint density at radius 1 is 0.793 bits per heavy atom. The number of benzene rings is 3. The first-order valence-corrected chi connectivity index (χ1v) is 14.7. The fourth-order valence-corrected chi connectivity index (χ4v) is 6.13. The summed E-state index contributed by atoms with van der Waals surface area (Å²) < 4.78 is 22.3. The van der Waals surface area contributed by atoms with Crippen LogP contribution in [0, 0.1) is 6.92 Å². The third kappa shape index (κ3) is 6.91. The van der Waals surface area contributed by atoms with Gasteiger partial charge >= 0.3 is 170 Å². The van der Waals surface area contributed by atoms with E-state index in [1.807, 2.05) is 79.7 Å². The molecule has 0 radical (unpaired) electrons. The van der Waals surface area contributed by atoms with Gasteiger partial charge in [0.2, 0.25) is 0 Å². The zero-order chi connectivity index (χ0) is 19.4. The van der Waals surface area contributed by atoms with Gasteiger partial charge in [-0.15, -0.1) is 24.8 Å². The monoisotopic (exact) mass is 484 g/mol. The Morgan fingerprint density at radius 3 is 1.72 bits per heavy atom. The third-order valence-corrected chi connectivity index (χ3v) is 8.63. The van der Waals surface area contributed by atoms with E-state index in [0.717, 1.165) is 16.7 Å². The predicted molar refractivity (Wildman–Crippen MR) is 126 cm³/mol. The zero-order valence-electron chi connectivity index (χ0n) is 17.1. The van der Waals surface area contributed by atoms with Crippen LogP contribution in [0.2, 0.25) is 19.6 Å². The first kappa shape index (κ1) is 25.8. The maximum atomic E-state index is 15.6. The molecule has 0 saturated heterocycles. The van der Waals surface area contributed by atoms with E-state index < -0.39 is 26.4 Å². The summed E-state index contributed by atoms with van der Waals surface area (Å²) >= 11 is -3.48. The normalized spacial score (nSPS) is 10.4. The van der Waals surface area contributed by atoms with E-state index in [1.165, 1.54) is 5.19 Å². The second-order valence-corrected chi connectivity index (χ2v) is 14.8. The Kier molecular flexibility index (Phi) is 10.0. The standard InChI is InChI=1S/C13H10.C10H16OSi.2ClH.FH.Ti/c1-3-7-12(8-4-1)11-13-9-5-2-6-10-13;1-8-5-9(11)7-10(6-8)12(2,3)4;;;;/h1-10H;5-7,11H,1-4H3;3*1H;/q;;;;;+2/p-2. The Labute approximate surface area is 193 Å². The molecule has 0 spiro atoms.